The van der Waals surface area contributed by atoms with Crippen LogP contribution in [-0.4, -0.2) is 50.6 Å². The Kier molecular flexibility index (Phi) is 8.43. The zero-order valence-corrected chi connectivity index (χ0v) is 16.8. The number of likely N-dealkylation sites (tertiary alicyclic amines) is 1. The third kappa shape index (κ3) is 5.88. The highest BCUT2D eigenvalue weighted by Gasteiger charge is 2.30. The minimum absolute atomic E-state index is 0.0608. The maximum absolute atomic E-state index is 13.0. The molecule has 1 fully saturated rings. The maximum Gasteiger partial charge on any atom is 0.257 e. The molecule has 1 saturated heterocycles. The van der Waals surface area contributed by atoms with Gasteiger partial charge in [-0.05, 0) is 31.4 Å². The fourth-order valence-corrected chi connectivity index (χ4v) is 3.43. The average Bonchev–Trinajstić information content (AvgIpc) is 2.72. The van der Waals surface area contributed by atoms with Crippen LogP contribution in [0.1, 0.15) is 55.8 Å². The molecule has 1 unspecified atom stereocenters. The smallest absolute Gasteiger partial charge is 0.257 e. The molecule has 1 heterocycles. The van der Waals surface area contributed by atoms with Crippen LogP contribution in [0.2, 0.25) is 0 Å². The van der Waals surface area contributed by atoms with E-state index in [1.165, 1.54) is 20.0 Å². The Labute approximate surface area is 162 Å². The van der Waals surface area contributed by atoms with Crippen molar-refractivity contribution in [3.05, 3.63) is 23.8 Å². The van der Waals surface area contributed by atoms with Crippen LogP contribution in [0.3, 0.4) is 0 Å². The van der Waals surface area contributed by atoms with Crippen LogP contribution in [-0.2, 0) is 4.79 Å². The van der Waals surface area contributed by atoms with Gasteiger partial charge in [-0.1, -0.05) is 26.2 Å². The van der Waals surface area contributed by atoms with Gasteiger partial charge in [0.2, 0.25) is 5.91 Å². The lowest BCUT2D eigenvalue weighted by molar-refractivity contribution is -0.126. The molecule has 0 aliphatic carbocycles. The normalized spacial score (nSPS) is 16.7. The Morgan fingerprint density at radius 2 is 2.00 bits per heavy atom. The Balaban J connectivity index is 1.95. The molecule has 0 radical (unpaired) electrons. The standard InChI is InChI=1S/C21H32N2O4/c1-4-5-6-7-12-22-20(24)16-9-8-13-23(15-16)21(25)18-11-10-17(26-2)14-19(18)27-3/h10-11,14,16H,4-9,12-13,15H2,1-3H3,(H,22,24). The number of hydrogen-bond donors (Lipinski definition) is 1. The average molecular weight is 376 g/mol. The van der Waals surface area contributed by atoms with E-state index >= 15 is 0 Å². The van der Waals surface area contributed by atoms with Gasteiger partial charge in [0.15, 0.2) is 0 Å². The van der Waals surface area contributed by atoms with Crippen LogP contribution < -0.4 is 14.8 Å². The highest BCUT2D eigenvalue weighted by Crippen LogP contribution is 2.27. The van der Waals surface area contributed by atoms with Gasteiger partial charge in [0.1, 0.15) is 11.5 Å². The monoisotopic (exact) mass is 376 g/mol. The van der Waals surface area contributed by atoms with Crippen molar-refractivity contribution in [2.45, 2.75) is 45.4 Å². The Bertz CT molecular complexity index is 633. The molecule has 1 aliphatic heterocycles. The molecule has 0 aromatic heterocycles. The van der Waals surface area contributed by atoms with E-state index in [0.29, 0.717) is 30.2 Å². The molecular formula is C21H32N2O4. The molecule has 0 bridgehead atoms. The summed E-state index contributed by atoms with van der Waals surface area (Å²) in [6.45, 7) is 4.00. The van der Waals surface area contributed by atoms with E-state index in [-0.39, 0.29) is 17.7 Å². The number of methoxy groups -OCH3 is 2. The van der Waals surface area contributed by atoms with Crippen molar-refractivity contribution in [2.24, 2.45) is 5.92 Å². The summed E-state index contributed by atoms with van der Waals surface area (Å²) < 4.78 is 10.5. The van der Waals surface area contributed by atoms with E-state index in [0.717, 1.165) is 32.2 Å². The number of hydrogen-bond acceptors (Lipinski definition) is 4. The molecule has 1 aromatic rings. The minimum atomic E-state index is -0.141. The number of ether oxygens (including phenoxy) is 2. The predicted octanol–water partition coefficient (Wildman–Crippen LogP) is 3.25. The van der Waals surface area contributed by atoms with E-state index in [1.807, 2.05) is 0 Å². The number of unbranched alkanes of at least 4 members (excludes halogenated alkanes) is 3. The fraction of sp³-hybridized carbons (Fsp3) is 0.619. The van der Waals surface area contributed by atoms with Gasteiger partial charge in [-0.2, -0.15) is 0 Å². The minimum Gasteiger partial charge on any atom is -0.497 e. The lowest BCUT2D eigenvalue weighted by Gasteiger charge is -2.32. The van der Waals surface area contributed by atoms with Crippen LogP contribution in [0, 0.1) is 5.92 Å². The molecule has 1 aromatic carbocycles. The van der Waals surface area contributed by atoms with Crippen LogP contribution in [0.15, 0.2) is 18.2 Å². The lowest BCUT2D eigenvalue weighted by Crippen LogP contribution is -2.45. The Hall–Kier alpha value is -2.24. The van der Waals surface area contributed by atoms with Gasteiger partial charge in [-0.3, -0.25) is 9.59 Å². The number of amides is 2. The Morgan fingerprint density at radius 1 is 1.19 bits per heavy atom. The molecule has 2 rings (SSSR count). The second-order valence-corrected chi connectivity index (χ2v) is 7.01. The van der Waals surface area contributed by atoms with Gasteiger partial charge < -0.3 is 19.7 Å². The molecule has 150 valence electrons. The first-order valence-electron chi connectivity index (χ1n) is 9.89. The number of nitrogens with one attached hydrogen (secondary N) is 1. The Morgan fingerprint density at radius 3 is 2.70 bits per heavy atom. The van der Waals surface area contributed by atoms with Gasteiger partial charge in [-0.25, -0.2) is 0 Å². The summed E-state index contributed by atoms with van der Waals surface area (Å²) in [6, 6.07) is 5.18. The number of rotatable bonds is 9. The largest absolute Gasteiger partial charge is 0.497 e. The van der Waals surface area contributed by atoms with Crippen molar-refractivity contribution in [3.8, 4) is 11.5 Å². The zero-order valence-electron chi connectivity index (χ0n) is 16.8. The second kappa shape index (κ2) is 10.8. The summed E-state index contributed by atoms with van der Waals surface area (Å²) in [5, 5.41) is 3.03. The highest BCUT2D eigenvalue weighted by molar-refractivity contribution is 5.97. The molecule has 2 amide bonds. The van der Waals surface area contributed by atoms with Gasteiger partial charge in [-0.15, -0.1) is 0 Å². The number of carbonyl (C=O) groups is 2. The maximum atomic E-state index is 13.0. The van der Waals surface area contributed by atoms with Crippen LogP contribution >= 0.6 is 0 Å². The highest BCUT2D eigenvalue weighted by atomic mass is 16.5. The summed E-state index contributed by atoms with van der Waals surface area (Å²) >= 11 is 0. The van der Waals surface area contributed by atoms with Crippen molar-refractivity contribution in [1.82, 2.24) is 10.2 Å². The molecule has 6 heteroatoms. The summed E-state index contributed by atoms with van der Waals surface area (Å²) in [4.78, 5) is 27.2. The van der Waals surface area contributed by atoms with Gasteiger partial charge in [0, 0.05) is 25.7 Å². The van der Waals surface area contributed by atoms with E-state index in [2.05, 4.69) is 12.2 Å². The quantitative estimate of drug-likeness (QED) is 0.672. The number of carbonyl (C=O) groups excluding carboxylic acids is 2. The van der Waals surface area contributed by atoms with E-state index < -0.39 is 0 Å². The molecule has 0 saturated carbocycles. The second-order valence-electron chi connectivity index (χ2n) is 7.01. The predicted molar refractivity (Wildman–Crippen MR) is 105 cm³/mol. The first-order valence-corrected chi connectivity index (χ1v) is 9.89. The molecule has 1 aliphatic rings. The van der Waals surface area contributed by atoms with Gasteiger partial charge in [0.05, 0.1) is 25.7 Å². The van der Waals surface area contributed by atoms with Crippen molar-refractivity contribution in [3.63, 3.8) is 0 Å². The topological polar surface area (TPSA) is 67.9 Å². The summed E-state index contributed by atoms with van der Waals surface area (Å²) in [6.07, 6.45) is 6.19. The molecule has 1 N–H and O–H groups in total. The van der Waals surface area contributed by atoms with Crippen LogP contribution in [0.4, 0.5) is 0 Å². The third-order valence-electron chi connectivity index (χ3n) is 5.05. The van der Waals surface area contributed by atoms with Crippen molar-refractivity contribution >= 4 is 11.8 Å². The summed E-state index contributed by atoms with van der Waals surface area (Å²) in [5.74, 6) is 0.947. The van der Waals surface area contributed by atoms with Crippen LogP contribution in [0.5, 0.6) is 11.5 Å². The summed E-state index contributed by atoms with van der Waals surface area (Å²) in [5.41, 5.74) is 0.499. The molecule has 27 heavy (non-hydrogen) atoms. The molecule has 6 nitrogen and oxygen atoms in total. The van der Waals surface area contributed by atoms with Gasteiger partial charge >= 0.3 is 0 Å². The van der Waals surface area contributed by atoms with Crippen LogP contribution in [0.25, 0.3) is 0 Å². The summed E-state index contributed by atoms with van der Waals surface area (Å²) in [7, 11) is 3.11. The zero-order chi connectivity index (χ0) is 19.6. The SMILES string of the molecule is CCCCCCNC(=O)C1CCCN(C(=O)c2ccc(OC)cc2OC)C1. The van der Waals surface area contributed by atoms with E-state index in [4.69, 9.17) is 9.47 Å². The number of nitrogens with zero attached hydrogens (tertiary/aromatic N) is 1. The number of piperidine rings is 1. The lowest BCUT2D eigenvalue weighted by atomic mass is 9.96. The van der Waals surface area contributed by atoms with Crippen molar-refractivity contribution < 1.29 is 19.1 Å². The van der Waals surface area contributed by atoms with E-state index in [1.54, 1.807) is 30.2 Å². The van der Waals surface area contributed by atoms with Crippen molar-refractivity contribution in [2.75, 3.05) is 33.9 Å². The first-order chi connectivity index (χ1) is 13.1. The fourth-order valence-electron chi connectivity index (χ4n) is 3.43. The molecular weight excluding hydrogens is 344 g/mol. The first kappa shape index (κ1) is 21.1. The van der Waals surface area contributed by atoms with E-state index in [9.17, 15) is 9.59 Å². The molecule has 0 spiro atoms. The number of benzene rings is 1. The van der Waals surface area contributed by atoms with Gasteiger partial charge in [0.25, 0.3) is 5.91 Å². The molecule has 1 atom stereocenters. The van der Waals surface area contributed by atoms with Crippen molar-refractivity contribution in [1.29, 1.82) is 0 Å². The third-order valence-corrected chi connectivity index (χ3v) is 5.05.